The summed E-state index contributed by atoms with van der Waals surface area (Å²) in [5.74, 6) is 0. The SMILES string of the molecule is CC(C)OC(C)C1CC(F)CN1C. The molecule has 0 aromatic carbocycles. The average Bonchev–Trinajstić information content (AvgIpc) is 2.28. The summed E-state index contributed by atoms with van der Waals surface area (Å²) in [6, 6.07) is 0.248. The number of likely N-dealkylation sites (tertiary alicyclic amines) is 1. The van der Waals surface area contributed by atoms with Crippen molar-refractivity contribution in [1.29, 1.82) is 0 Å². The van der Waals surface area contributed by atoms with E-state index in [-0.39, 0.29) is 18.2 Å². The summed E-state index contributed by atoms with van der Waals surface area (Å²) in [5.41, 5.74) is 0. The maximum Gasteiger partial charge on any atom is 0.114 e. The predicted molar refractivity (Wildman–Crippen MR) is 51.6 cm³/mol. The van der Waals surface area contributed by atoms with Gasteiger partial charge < -0.3 is 4.74 Å². The van der Waals surface area contributed by atoms with Crippen LogP contribution in [0.1, 0.15) is 27.2 Å². The third-order valence-corrected chi connectivity index (χ3v) is 2.58. The van der Waals surface area contributed by atoms with Crippen LogP contribution in [0.2, 0.25) is 0 Å². The summed E-state index contributed by atoms with van der Waals surface area (Å²) in [6.45, 7) is 6.60. The van der Waals surface area contributed by atoms with Gasteiger partial charge in [0.1, 0.15) is 6.17 Å². The molecule has 0 radical (unpaired) electrons. The van der Waals surface area contributed by atoms with E-state index in [1.165, 1.54) is 0 Å². The lowest BCUT2D eigenvalue weighted by Crippen LogP contribution is -2.37. The van der Waals surface area contributed by atoms with Crippen LogP contribution in [-0.4, -0.2) is 42.9 Å². The molecule has 0 amide bonds. The molecule has 78 valence electrons. The number of ether oxygens (including phenoxy) is 1. The molecule has 0 aliphatic carbocycles. The van der Waals surface area contributed by atoms with Crippen LogP contribution in [0.5, 0.6) is 0 Å². The predicted octanol–water partition coefficient (Wildman–Crippen LogP) is 1.84. The Labute approximate surface area is 80.1 Å². The van der Waals surface area contributed by atoms with Crippen LogP contribution in [0.4, 0.5) is 4.39 Å². The summed E-state index contributed by atoms with van der Waals surface area (Å²) in [6.07, 6.45) is 0.297. The number of likely N-dealkylation sites (N-methyl/N-ethyl adjacent to an activating group) is 1. The van der Waals surface area contributed by atoms with Crippen LogP contribution < -0.4 is 0 Å². The lowest BCUT2D eigenvalue weighted by molar-refractivity contribution is -0.0203. The molecule has 0 saturated carbocycles. The van der Waals surface area contributed by atoms with Gasteiger partial charge in [-0.25, -0.2) is 4.39 Å². The standard InChI is InChI=1S/C10H20FNO/c1-7(2)13-8(3)10-5-9(11)6-12(10)4/h7-10H,5-6H2,1-4H3. The van der Waals surface area contributed by atoms with E-state index < -0.39 is 6.17 Å². The van der Waals surface area contributed by atoms with Gasteiger partial charge in [-0.2, -0.15) is 0 Å². The lowest BCUT2D eigenvalue weighted by Gasteiger charge is -2.27. The molecule has 3 atom stereocenters. The van der Waals surface area contributed by atoms with Crippen molar-refractivity contribution in [2.75, 3.05) is 13.6 Å². The first-order valence-corrected chi connectivity index (χ1v) is 5.00. The minimum absolute atomic E-state index is 0.130. The fourth-order valence-corrected chi connectivity index (χ4v) is 2.03. The summed E-state index contributed by atoms with van der Waals surface area (Å²) in [4.78, 5) is 2.05. The molecule has 2 nitrogen and oxygen atoms in total. The van der Waals surface area contributed by atoms with Crippen molar-refractivity contribution >= 4 is 0 Å². The zero-order chi connectivity index (χ0) is 10.0. The molecule has 3 unspecified atom stereocenters. The van der Waals surface area contributed by atoms with Gasteiger partial charge in [-0.15, -0.1) is 0 Å². The minimum Gasteiger partial charge on any atom is -0.374 e. The molecule has 0 N–H and O–H groups in total. The van der Waals surface area contributed by atoms with Crippen molar-refractivity contribution in [3.05, 3.63) is 0 Å². The van der Waals surface area contributed by atoms with Crippen molar-refractivity contribution < 1.29 is 9.13 Å². The van der Waals surface area contributed by atoms with Gasteiger partial charge in [0.2, 0.25) is 0 Å². The largest absolute Gasteiger partial charge is 0.374 e. The summed E-state index contributed by atoms with van der Waals surface area (Å²) in [7, 11) is 1.96. The maximum atomic E-state index is 13.0. The molecule has 1 aliphatic heterocycles. The fraction of sp³-hybridized carbons (Fsp3) is 1.00. The highest BCUT2D eigenvalue weighted by Gasteiger charge is 2.33. The van der Waals surface area contributed by atoms with Gasteiger partial charge in [0.15, 0.2) is 0 Å². The van der Waals surface area contributed by atoms with Crippen molar-refractivity contribution in [3.8, 4) is 0 Å². The van der Waals surface area contributed by atoms with Crippen molar-refractivity contribution in [3.63, 3.8) is 0 Å². The summed E-state index contributed by atoms with van der Waals surface area (Å²) >= 11 is 0. The zero-order valence-electron chi connectivity index (χ0n) is 8.96. The van der Waals surface area contributed by atoms with Crippen molar-refractivity contribution in [2.24, 2.45) is 0 Å². The second kappa shape index (κ2) is 4.38. The van der Waals surface area contributed by atoms with Crippen LogP contribution >= 0.6 is 0 Å². The molecular formula is C10H20FNO. The second-order valence-electron chi connectivity index (χ2n) is 4.23. The minimum atomic E-state index is -0.673. The number of alkyl halides is 1. The molecule has 0 spiro atoms. The topological polar surface area (TPSA) is 12.5 Å². The third kappa shape index (κ3) is 2.92. The number of halogens is 1. The normalized spacial score (nSPS) is 32.8. The number of hydrogen-bond acceptors (Lipinski definition) is 2. The van der Waals surface area contributed by atoms with E-state index in [0.29, 0.717) is 13.0 Å². The Kier molecular flexibility index (Phi) is 3.68. The highest BCUT2D eigenvalue weighted by molar-refractivity contribution is 4.87. The van der Waals surface area contributed by atoms with E-state index in [4.69, 9.17) is 4.74 Å². The van der Waals surface area contributed by atoms with Gasteiger partial charge in [0.25, 0.3) is 0 Å². The Bertz CT molecular complexity index is 163. The molecule has 1 heterocycles. The molecule has 1 fully saturated rings. The Morgan fingerprint density at radius 2 is 2.00 bits per heavy atom. The first-order valence-electron chi connectivity index (χ1n) is 5.00. The maximum absolute atomic E-state index is 13.0. The van der Waals surface area contributed by atoms with Gasteiger partial charge in [-0.1, -0.05) is 0 Å². The van der Waals surface area contributed by atoms with Crippen molar-refractivity contribution in [1.82, 2.24) is 4.90 Å². The average molecular weight is 189 g/mol. The summed E-state index contributed by atoms with van der Waals surface area (Å²) in [5, 5.41) is 0. The van der Waals surface area contributed by atoms with Gasteiger partial charge in [-0.3, -0.25) is 4.90 Å². The Hall–Kier alpha value is -0.150. The Balaban J connectivity index is 2.42. The van der Waals surface area contributed by atoms with E-state index in [1.807, 2.05) is 27.8 Å². The fourth-order valence-electron chi connectivity index (χ4n) is 2.03. The van der Waals surface area contributed by atoms with E-state index >= 15 is 0 Å². The van der Waals surface area contributed by atoms with E-state index in [0.717, 1.165) is 0 Å². The molecule has 1 aliphatic rings. The molecule has 1 rings (SSSR count). The first kappa shape index (κ1) is 10.9. The van der Waals surface area contributed by atoms with Crippen LogP contribution in [-0.2, 0) is 4.74 Å². The quantitative estimate of drug-likeness (QED) is 0.671. The van der Waals surface area contributed by atoms with Crippen LogP contribution in [0.3, 0.4) is 0 Å². The highest BCUT2D eigenvalue weighted by atomic mass is 19.1. The van der Waals surface area contributed by atoms with Crippen LogP contribution in [0, 0.1) is 0 Å². The Morgan fingerprint density at radius 1 is 1.38 bits per heavy atom. The van der Waals surface area contributed by atoms with Crippen LogP contribution in [0.25, 0.3) is 0 Å². The van der Waals surface area contributed by atoms with Crippen molar-refractivity contribution in [2.45, 2.75) is 51.6 Å². The monoisotopic (exact) mass is 189 g/mol. The molecule has 3 heteroatoms. The smallest absolute Gasteiger partial charge is 0.114 e. The molecule has 0 aromatic heterocycles. The van der Waals surface area contributed by atoms with Gasteiger partial charge in [0, 0.05) is 12.6 Å². The first-order chi connectivity index (χ1) is 6.00. The van der Waals surface area contributed by atoms with Gasteiger partial charge >= 0.3 is 0 Å². The van der Waals surface area contributed by atoms with E-state index in [9.17, 15) is 4.39 Å². The number of hydrogen-bond donors (Lipinski definition) is 0. The Morgan fingerprint density at radius 3 is 2.38 bits per heavy atom. The zero-order valence-corrected chi connectivity index (χ0v) is 8.96. The summed E-state index contributed by atoms with van der Waals surface area (Å²) < 4.78 is 18.7. The third-order valence-electron chi connectivity index (χ3n) is 2.58. The molecule has 13 heavy (non-hydrogen) atoms. The molecular weight excluding hydrogens is 169 g/mol. The van der Waals surface area contributed by atoms with E-state index in [1.54, 1.807) is 0 Å². The van der Waals surface area contributed by atoms with Gasteiger partial charge in [0.05, 0.1) is 12.2 Å². The van der Waals surface area contributed by atoms with E-state index in [2.05, 4.69) is 4.90 Å². The van der Waals surface area contributed by atoms with Gasteiger partial charge in [-0.05, 0) is 34.2 Å². The van der Waals surface area contributed by atoms with Crippen LogP contribution in [0.15, 0.2) is 0 Å². The molecule has 0 bridgehead atoms. The molecule has 1 saturated heterocycles. The number of nitrogens with zero attached hydrogens (tertiary/aromatic N) is 1. The second-order valence-corrected chi connectivity index (χ2v) is 4.23. The number of rotatable bonds is 3. The highest BCUT2D eigenvalue weighted by Crippen LogP contribution is 2.23. The molecule has 0 aromatic rings. The lowest BCUT2D eigenvalue weighted by atomic mass is 10.1.